The van der Waals surface area contributed by atoms with Gasteiger partial charge in [-0.15, -0.1) is 0 Å². The van der Waals surface area contributed by atoms with Crippen LogP contribution < -0.4 is 15.5 Å². The molecule has 2 amide bonds. The average Bonchev–Trinajstić information content (AvgIpc) is 3.06. The van der Waals surface area contributed by atoms with E-state index in [4.69, 9.17) is 4.42 Å². The van der Waals surface area contributed by atoms with Gasteiger partial charge < -0.3 is 20.0 Å². The highest BCUT2D eigenvalue weighted by Crippen LogP contribution is 2.41. The molecule has 0 aromatic carbocycles. The Kier molecular flexibility index (Phi) is 5.52. The van der Waals surface area contributed by atoms with Gasteiger partial charge >= 0.3 is 6.03 Å². The normalized spacial score (nSPS) is 20.8. The second kappa shape index (κ2) is 8.09. The molecule has 3 heterocycles. The zero-order valence-electron chi connectivity index (χ0n) is 17.8. The lowest BCUT2D eigenvalue weighted by Gasteiger charge is -2.34. The molecule has 156 valence electrons. The number of rotatable bonds is 4. The third-order valence-corrected chi connectivity index (χ3v) is 5.98. The SMILES string of the molecule is Cc1cc2c(o1)CC(C)(C)CC2NC(=O)NCc1ccc(N2CCCCC2)nc1. The summed E-state index contributed by atoms with van der Waals surface area (Å²) in [5, 5.41) is 6.11. The maximum Gasteiger partial charge on any atom is 0.315 e. The summed E-state index contributed by atoms with van der Waals surface area (Å²) in [4.78, 5) is 19.5. The number of hydrogen-bond donors (Lipinski definition) is 2. The first-order valence-corrected chi connectivity index (χ1v) is 10.7. The van der Waals surface area contributed by atoms with Crippen molar-refractivity contribution in [3.8, 4) is 0 Å². The monoisotopic (exact) mass is 396 g/mol. The molecule has 0 bridgehead atoms. The molecule has 4 rings (SSSR count). The number of amides is 2. The fraction of sp³-hybridized carbons (Fsp3) is 0.565. The highest BCUT2D eigenvalue weighted by atomic mass is 16.3. The number of carbonyl (C=O) groups is 1. The number of urea groups is 1. The van der Waals surface area contributed by atoms with Crippen molar-refractivity contribution in [2.75, 3.05) is 18.0 Å². The standard InChI is InChI=1S/C23H32N4O2/c1-16-11-18-19(12-23(2,3)13-20(18)29-16)26-22(28)25-15-17-7-8-21(24-14-17)27-9-5-4-6-10-27/h7-8,11,14,19H,4-6,9-10,12-13,15H2,1-3H3,(H2,25,26,28). The van der Waals surface area contributed by atoms with Crippen LogP contribution in [0.15, 0.2) is 28.8 Å². The number of nitrogens with zero attached hydrogens (tertiary/aromatic N) is 2. The first-order valence-electron chi connectivity index (χ1n) is 10.7. The van der Waals surface area contributed by atoms with Gasteiger partial charge in [-0.2, -0.15) is 0 Å². The van der Waals surface area contributed by atoms with Crippen LogP contribution in [0.3, 0.4) is 0 Å². The molecule has 29 heavy (non-hydrogen) atoms. The van der Waals surface area contributed by atoms with E-state index < -0.39 is 0 Å². The molecule has 0 spiro atoms. The molecule has 2 aromatic heterocycles. The van der Waals surface area contributed by atoms with Gasteiger partial charge in [0.25, 0.3) is 0 Å². The molecular formula is C23H32N4O2. The molecule has 6 nitrogen and oxygen atoms in total. The first-order chi connectivity index (χ1) is 13.9. The van der Waals surface area contributed by atoms with Crippen LogP contribution in [0.25, 0.3) is 0 Å². The summed E-state index contributed by atoms with van der Waals surface area (Å²) in [6.07, 6.45) is 7.46. The van der Waals surface area contributed by atoms with Gasteiger partial charge in [0.1, 0.15) is 17.3 Å². The number of hydrogen-bond acceptors (Lipinski definition) is 4. The van der Waals surface area contributed by atoms with Gasteiger partial charge in [0.15, 0.2) is 0 Å². The van der Waals surface area contributed by atoms with Crippen LogP contribution in [0.5, 0.6) is 0 Å². The summed E-state index contributed by atoms with van der Waals surface area (Å²) in [6, 6.07) is 5.99. The van der Waals surface area contributed by atoms with E-state index >= 15 is 0 Å². The molecule has 1 aliphatic heterocycles. The fourth-order valence-corrected chi connectivity index (χ4v) is 4.54. The molecule has 1 aliphatic carbocycles. The highest BCUT2D eigenvalue weighted by molar-refractivity contribution is 5.74. The van der Waals surface area contributed by atoms with E-state index in [1.807, 2.05) is 13.1 Å². The first kappa shape index (κ1) is 19.8. The molecule has 0 saturated carbocycles. The minimum Gasteiger partial charge on any atom is -0.466 e. The molecule has 1 atom stereocenters. The van der Waals surface area contributed by atoms with Crippen molar-refractivity contribution >= 4 is 11.8 Å². The molecule has 1 unspecified atom stereocenters. The van der Waals surface area contributed by atoms with Crippen molar-refractivity contribution < 1.29 is 9.21 Å². The van der Waals surface area contributed by atoms with Crippen LogP contribution in [0.4, 0.5) is 10.6 Å². The Morgan fingerprint density at radius 3 is 2.79 bits per heavy atom. The lowest BCUT2D eigenvalue weighted by atomic mass is 9.75. The maximum atomic E-state index is 12.5. The van der Waals surface area contributed by atoms with Crippen LogP contribution in [0, 0.1) is 12.3 Å². The quantitative estimate of drug-likeness (QED) is 0.799. The van der Waals surface area contributed by atoms with Gasteiger partial charge in [0.05, 0.1) is 6.04 Å². The number of pyridine rings is 1. The largest absolute Gasteiger partial charge is 0.466 e. The van der Waals surface area contributed by atoms with E-state index in [9.17, 15) is 4.79 Å². The number of nitrogens with one attached hydrogen (secondary N) is 2. The van der Waals surface area contributed by atoms with Gasteiger partial charge in [0, 0.05) is 37.8 Å². The van der Waals surface area contributed by atoms with Gasteiger partial charge in [-0.25, -0.2) is 9.78 Å². The van der Waals surface area contributed by atoms with Crippen LogP contribution in [-0.4, -0.2) is 24.1 Å². The zero-order chi connectivity index (χ0) is 20.4. The van der Waals surface area contributed by atoms with Crippen molar-refractivity contribution in [3.63, 3.8) is 0 Å². The summed E-state index contributed by atoms with van der Waals surface area (Å²) in [5.74, 6) is 2.94. The molecule has 0 radical (unpaired) electrons. The lowest BCUT2D eigenvalue weighted by Crippen LogP contribution is -2.41. The predicted octanol–water partition coefficient (Wildman–Crippen LogP) is 4.49. The van der Waals surface area contributed by atoms with Gasteiger partial charge in [-0.05, 0) is 55.7 Å². The van der Waals surface area contributed by atoms with Gasteiger partial charge in [-0.1, -0.05) is 19.9 Å². The smallest absolute Gasteiger partial charge is 0.315 e. The van der Waals surface area contributed by atoms with Crippen molar-refractivity contribution in [3.05, 3.63) is 47.0 Å². The Morgan fingerprint density at radius 2 is 2.07 bits per heavy atom. The van der Waals surface area contributed by atoms with E-state index in [1.54, 1.807) is 0 Å². The molecule has 6 heteroatoms. The molecule has 1 saturated heterocycles. The van der Waals surface area contributed by atoms with E-state index in [-0.39, 0.29) is 17.5 Å². The number of aryl methyl sites for hydroxylation is 1. The van der Waals surface area contributed by atoms with Crippen LogP contribution in [0.2, 0.25) is 0 Å². The summed E-state index contributed by atoms with van der Waals surface area (Å²) in [7, 11) is 0. The highest BCUT2D eigenvalue weighted by Gasteiger charge is 2.35. The van der Waals surface area contributed by atoms with Crippen molar-refractivity contribution in [1.29, 1.82) is 0 Å². The van der Waals surface area contributed by atoms with Crippen molar-refractivity contribution in [2.24, 2.45) is 5.41 Å². The molecular weight excluding hydrogens is 364 g/mol. The third kappa shape index (κ3) is 4.74. The number of anilines is 1. The molecule has 2 N–H and O–H groups in total. The average molecular weight is 397 g/mol. The molecule has 2 aromatic rings. The number of fused-ring (bicyclic) bond motifs is 1. The van der Waals surface area contributed by atoms with E-state index in [0.717, 1.165) is 54.4 Å². The summed E-state index contributed by atoms with van der Waals surface area (Å²) < 4.78 is 5.86. The minimum atomic E-state index is -0.155. The van der Waals surface area contributed by atoms with Crippen LogP contribution >= 0.6 is 0 Å². The Balaban J connectivity index is 1.33. The number of piperidine rings is 1. The summed E-state index contributed by atoms with van der Waals surface area (Å²) in [5.41, 5.74) is 2.22. The number of furan rings is 1. The second-order valence-corrected chi connectivity index (χ2v) is 9.23. The van der Waals surface area contributed by atoms with Gasteiger partial charge in [-0.3, -0.25) is 0 Å². The fourth-order valence-electron chi connectivity index (χ4n) is 4.54. The Labute approximate surface area is 173 Å². The summed E-state index contributed by atoms with van der Waals surface area (Å²) >= 11 is 0. The maximum absolute atomic E-state index is 12.5. The van der Waals surface area contributed by atoms with Crippen LogP contribution in [0.1, 0.15) is 68.2 Å². The van der Waals surface area contributed by atoms with E-state index in [1.165, 1.54) is 19.3 Å². The summed E-state index contributed by atoms with van der Waals surface area (Å²) in [6.45, 7) is 9.03. The predicted molar refractivity (Wildman–Crippen MR) is 114 cm³/mol. The Hall–Kier alpha value is -2.50. The van der Waals surface area contributed by atoms with E-state index in [2.05, 4.69) is 52.6 Å². The topological polar surface area (TPSA) is 70.4 Å². The Morgan fingerprint density at radius 1 is 1.28 bits per heavy atom. The second-order valence-electron chi connectivity index (χ2n) is 9.23. The number of carbonyl (C=O) groups excluding carboxylic acids is 1. The number of aromatic nitrogens is 1. The third-order valence-electron chi connectivity index (χ3n) is 5.98. The van der Waals surface area contributed by atoms with Crippen LogP contribution in [-0.2, 0) is 13.0 Å². The zero-order valence-corrected chi connectivity index (χ0v) is 17.8. The lowest BCUT2D eigenvalue weighted by molar-refractivity contribution is 0.214. The van der Waals surface area contributed by atoms with Crippen molar-refractivity contribution in [1.82, 2.24) is 15.6 Å². The molecule has 2 aliphatic rings. The van der Waals surface area contributed by atoms with Crippen molar-refractivity contribution in [2.45, 2.75) is 65.5 Å². The van der Waals surface area contributed by atoms with E-state index in [0.29, 0.717) is 6.54 Å². The minimum absolute atomic E-state index is 0.0224. The molecule has 1 fully saturated rings. The Bertz CT molecular complexity index is 850. The van der Waals surface area contributed by atoms with Gasteiger partial charge in [0.2, 0.25) is 0 Å².